The van der Waals surface area contributed by atoms with Crippen LogP contribution in [0, 0.1) is 0 Å². The lowest BCUT2D eigenvalue weighted by atomic mass is 9.87. The van der Waals surface area contributed by atoms with E-state index in [-0.39, 0.29) is 18.6 Å². The molecule has 3 rings (SSSR count). The van der Waals surface area contributed by atoms with Crippen molar-refractivity contribution in [2.75, 3.05) is 0 Å². The van der Waals surface area contributed by atoms with E-state index in [1.165, 1.54) is 0 Å². The first-order valence-corrected chi connectivity index (χ1v) is 7.60. The Kier molecular flexibility index (Phi) is 3.90. The van der Waals surface area contributed by atoms with E-state index in [0.717, 1.165) is 11.1 Å². The first kappa shape index (κ1) is 15.3. The minimum absolute atomic E-state index is 0.00285. The molecular formula is C19H18O4. The number of fused-ring (bicyclic) bond motifs is 1. The average molecular weight is 310 g/mol. The zero-order valence-corrected chi connectivity index (χ0v) is 12.9. The van der Waals surface area contributed by atoms with Crippen LogP contribution in [0.2, 0.25) is 0 Å². The highest BCUT2D eigenvalue weighted by molar-refractivity contribution is 6.01. The minimum atomic E-state index is -0.882. The highest BCUT2D eigenvalue weighted by Gasteiger charge is 2.36. The summed E-state index contributed by atoms with van der Waals surface area (Å²) >= 11 is 0. The normalized spacial score (nSPS) is 19.8. The molecule has 0 saturated carbocycles. The molecule has 4 heteroatoms. The maximum Gasteiger partial charge on any atom is 0.303 e. The molecule has 0 amide bonds. The van der Waals surface area contributed by atoms with Crippen molar-refractivity contribution >= 4 is 11.8 Å². The molecule has 0 aromatic heterocycles. The van der Waals surface area contributed by atoms with Crippen LogP contribution in [-0.2, 0) is 4.79 Å². The minimum Gasteiger partial charge on any atom is -0.486 e. The summed E-state index contributed by atoms with van der Waals surface area (Å²) in [5, 5.41) is 8.84. The second-order valence-electron chi connectivity index (χ2n) is 6.12. The van der Waals surface area contributed by atoms with Crippen LogP contribution in [0.3, 0.4) is 0 Å². The molecule has 0 spiro atoms. The number of benzene rings is 2. The van der Waals surface area contributed by atoms with Crippen LogP contribution in [0.15, 0.2) is 48.5 Å². The van der Waals surface area contributed by atoms with Gasteiger partial charge in [0.1, 0.15) is 11.4 Å². The van der Waals surface area contributed by atoms with E-state index in [0.29, 0.717) is 17.7 Å². The van der Waals surface area contributed by atoms with Crippen molar-refractivity contribution in [1.82, 2.24) is 0 Å². The second kappa shape index (κ2) is 5.88. The van der Waals surface area contributed by atoms with Gasteiger partial charge < -0.3 is 9.84 Å². The van der Waals surface area contributed by atoms with Gasteiger partial charge in [0.25, 0.3) is 0 Å². The number of carboxylic acids is 1. The summed E-state index contributed by atoms with van der Waals surface area (Å²) in [5.74, 6) is -0.349. The fourth-order valence-corrected chi connectivity index (χ4v) is 2.89. The van der Waals surface area contributed by atoms with Gasteiger partial charge in [-0.2, -0.15) is 0 Å². The number of hydrogen-bond donors (Lipinski definition) is 1. The maximum absolute atomic E-state index is 12.5. The van der Waals surface area contributed by atoms with E-state index < -0.39 is 11.6 Å². The Hall–Kier alpha value is -2.62. The summed E-state index contributed by atoms with van der Waals surface area (Å²) < 4.78 is 5.95. The molecule has 1 unspecified atom stereocenters. The van der Waals surface area contributed by atoms with Gasteiger partial charge in [-0.1, -0.05) is 36.4 Å². The van der Waals surface area contributed by atoms with E-state index in [1.54, 1.807) is 13.0 Å². The first-order chi connectivity index (χ1) is 11.0. The number of ketones is 1. The predicted molar refractivity (Wildman–Crippen MR) is 86.7 cm³/mol. The van der Waals surface area contributed by atoms with Crippen molar-refractivity contribution in [1.29, 1.82) is 0 Å². The zero-order chi connectivity index (χ0) is 16.4. The van der Waals surface area contributed by atoms with Gasteiger partial charge in [-0.25, -0.2) is 0 Å². The molecule has 0 radical (unpaired) electrons. The fourth-order valence-electron chi connectivity index (χ4n) is 2.89. The van der Waals surface area contributed by atoms with E-state index in [1.807, 2.05) is 42.5 Å². The van der Waals surface area contributed by atoms with E-state index in [9.17, 15) is 9.59 Å². The molecule has 1 aliphatic rings. The predicted octanol–water partition coefficient (Wildman–Crippen LogP) is 3.94. The molecule has 4 nitrogen and oxygen atoms in total. The number of Topliss-reactive ketones (excluding diaryl/α,β-unsaturated/α-hetero) is 1. The fraction of sp³-hybridized carbons (Fsp3) is 0.263. The van der Waals surface area contributed by atoms with Crippen molar-refractivity contribution in [3.05, 3.63) is 54.1 Å². The third kappa shape index (κ3) is 3.26. The van der Waals surface area contributed by atoms with Crippen LogP contribution in [-0.4, -0.2) is 22.5 Å². The van der Waals surface area contributed by atoms with Gasteiger partial charge in [-0.05, 0) is 36.6 Å². The number of aliphatic carboxylic acids is 1. The quantitative estimate of drug-likeness (QED) is 0.929. The summed E-state index contributed by atoms with van der Waals surface area (Å²) in [4.78, 5) is 23.3. The number of ether oxygens (including phenoxy) is 1. The number of carbonyl (C=O) groups is 2. The molecule has 23 heavy (non-hydrogen) atoms. The molecule has 0 bridgehead atoms. The summed E-state index contributed by atoms with van der Waals surface area (Å²) in [5.41, 5.74) is 1.83. The number of rotatable bonds is 4. The van der Waals surface area contributed by atoms with Crippen molar-refractivity contribution in [3.8, 4) is 16.9 Å². The molecule has 0 fully saturated rings. The van der Waals surface area contributed by atoms with E-state index in [4.69, 9.17) is 9.84 Å². The summed E-state index contributed by atoms with van der Waals surface area (Å²) in [7, 11) is 0. The zero-order valence-electron chi connectivity index (χ0n) is 12.9. The molecule has 2 aromatic carbocycles. The Bertz CT molecular complexity index is 751. The number of hydrogen-bond acceptors (Lipinski definition) is 3. The van der Waals surface area contributed by atoms with Gasteiger partial charge in [-0.15, -0.1) is 0 Å². The first-order valence-electron chi connectivity index (χ1n) is 7.60. The third-order valence-electron chi connectivity index (χ3n) is 4.15. The third-order valence-corrected chi connectivity index (χ3v) is 4.15. The Morgan fingerprint density at radius 1 is 1.17 bits per heavy atom. The van der Waals surface area contributed by atoms with Crippen LogP contribution in [0.1, 0.15) is 36.5 Å². The van der Waals surface area contributed by atoms with Crippen molar-refractivity contribution in [2.45, 2.75) is 31.8 Å². The summed E-state index contributed by atoms with van der Waals surface area (Å²) in [6, 6.07) is 15.4. The maximum atomic E-state index is 12.5. The van der Waals surface area contributed by atoms with Gasteiger partial charge in [0.2, 0.25) is 0 Å². The lowest BCUT2D eigenvalue weighted by molar-refractivity contribution is -0.138. The van der Waals surface area contributed by atoms with Crippen LogP contribution in [0.25, 0.3) is 11.1 Å². The highest BCUT2D eigenvalue weighted by atomic mass is 16.5. The molecule has 0 aliphatic carbocycles. The van der Waals surface area contributed by atoms with Gasteiger partial charge in [0, 0.05) is 6.42 Å². The Morgan fingerprint density at radius 2 is 1.91 bits per heavy atom. The van der Waals surface area contributed by atoms with Crippen LogP contribution >= 0.6 is 0 Å². The van der Waals surface area contributed by atoms with Gasteiger partial charge in [0.05, 0.1) is 12.0 Å². The molecular weight excluding hydrogens is 292 g/mol. The Balaban J connectivity index is 1.89. The molecule has 1 atom stereocenters. The van der Waals surface area contributed by atoms with E-state index in [2.05, 4.69) is 0 Å². The SMILES string of the molecule is CC1(CCC(=O)O)CC(=O)c2cc(-c3ccccc3)ccc2O1. The molecule has 0 saturated heterocycles. The molecule has 118 valence electrons. The topological polar surface area (TPSA) is 63.6 Å². The van der Waals surface area contributed by atoms with Crippen molar-refractivity contribution in [2.24, 2.45) is 0 Å². The van der Waals surface area contributed by atoms with Gasteiger partial charge in [0.15, 0.2) is 5.78 Å². The monoisotopic (exact) mass is 310 g/mol. The van der Waals surface area contributed by atoms with E-state index >= 15 is 0 Å². The van der Waals surface area contributed by atoms with Crippen LogP contribution < -0.4 is 4.74 Å². The molecule has 1 aliphatic heterocycles. The second-order valence-corrected chi connectivity index (χ2v) is 6.12. The smallest absolute Gasteiger partial charge is 0.303 e. The van der Waals surface area contributed by atoms with Crippen LogP contribution in [0.4, 0.5) is 0 Å². The van der Waals surface area contributed by atoms with Gasteiger partial charge >= 0.3 is 5.97 Å². The summed E-state index contributed by atoms with van der Waals surface area (Å²) in [6.45, 7) is 1.79. The average Bonchev–Trinajstić information content (AvgIpc) is 2.54. The Morgan fingerprint density at radius 3 is 2.61 bits per heavy atom. The lowest BCUT2D eigenvalue weighted by Crippen LogP contribution is -2.39. The van der Waals surface area contributed by atoms with Gasteiger partial charge in [-0.3, -0.25) is 9.59 Å². The number of carbonyl (C=O) groups excluding carboxylic acids is 1. The van der Waals surface area contributed by atoms with Crippen molar-refractivity contribution < 1.29 is 19.4 Å². The lowest BCUT2D eigenvalue weighted by Gasteiger charge is -2.34. The van der Waals surface area contributed by atoms with Crippen LogP contribution in [0.5, 0.6) is 5.75 Å². The highest BCUT2D eigenvalue weighted by Crippen LogP contribution is 2.37. The largest absolute Gasteiger partial charge is 0.486 e. The molecule has 1 N–H and O–H groups in total. The van der Waals surface area contributed by atoms with Crippen molar-refractivity contribution in [3.63, 3.8) is 0 Å². The number of carboxylic acid groups (broad SMARTS) is 1. The molecule has 1 heterocycles. The Labute approximate surface area is 134 Å². The molecule has 2 aromatic rings. The summed E-state index contributed by atoms with van der Waals surface area (Å²) in [6.07, 6.45) is 0.501. The standard InChI is InChI=1S/C19H18O4/c1-19(10-9-18(21)22)12-16(20)15-11-14(7-8-17(15)23-19)13-5-3-2-4-6-13/h2-8,11H,9-10,12H2,1H3,(H,21,22).